The van der Waals surface area contributed by atoms with E-state index in [0.717, 1.165) is 16.6 Å². The van der Waals surface area contributed by atoms with E-state index in [0.29, 0.717) is 6.61 Å². The molecule has 0 amide bonds. The summed E-state index contributed by atoms with van der Waals surface area (Å²) < 4.78 is 6.53. The van der Waals surface area contributed by atoms with Gasteiger partial charge < -0.3 is 10.5 Å². The average molecular weight is 228 g/mol. The predicted molar refractivity (Wildman–Crippen MR) is 51.3 cm³/mol. The molecule has 0 unspecified atom stereocenters. The number of hydrogen-bond acceptors (Lipinski definition) is 2. The second-order valence-corrected chi connectivity index (χ2v) is 3.94. The van der Waals surface area contributed by atoms with Crippen molar-refractivity contribution in [3.05, 3.63) is 28.2 Å². The molecular weight excluding hydrogens is 218 g/mol. The van der Waals surface area contributed by atoms with Gasteiger partial charge in [-0.05, 0) is 30.2 Å². The predicted octanol–water partition coefficient (Wildman–Crippen LogP) is 1.71. The molecule has 0 saturated carbocycles. The van der Waals surface area contributed by atoms with Gasteiger partial charge in [-0.2, -0.15) is 0 Å². The van der Waals surface area contributed by atoms with Crippen LogP contribution in [0.4, 0.5) is 0 Å². The second-order valence-electron chi connectivity index (χ2n) is 3.03. The van der Waals surface area contributed by atoms with Crippen LogP contribution in [0, 0.1) is 0 Å². The highest BCUT2D eigenvalue weighted by Gasteiger charge is 2.15. The first-order valence-electron chi connectivity index (χ1n) is 3.92. The van der Waals surface area contributed by atoms with Crippen molar-refractivity contribution in [2.24, 2.45) is 5.73 Å². The Morgan fingerprint density at radius 3 is 3.17 bits per heavy atom. The molecule has 2 N–H and O–H groups in total. The van der Waals surface area contributed by atoms with Crippen LogP contribution < -0.4 is 10.5 Å². The zero-order chi connectivity index (χ0) is 8.55. The fraction of sp³-hybridized carbons (Fsp3) is 0.333. The lowest BCUT2D eigenvalue weighted by Gasteiger charge is -2.22. The van der Waals surface area contributed by atoms with E-state index in [-0.39, 0.29) is 6.04 Å². The fourth-order valence-corrected chi connectivity index (χ4v) is 1.80. The van der Waals surface area contributed by atoms with Gasteiger partial charge >= 0.3 is 0 Å². The Kier molecular flexibility index (Phi) is 2.07. The number of ether oxygens (including phenoxy) is 1. The van der Waals surface area contributed by atoms with Crippen molar-refractivity contribution in [2.75, 3.05) is 6.61 Å². The molecule has 0 bridgehead atoms. The van der Waals surface area contributed by atoms with E-state index in [4.69, 9.17) is 10.5 Å². The first kappa shape index (κ1) is 8.08. The molecular formula is C9H10BrNO. The smallest absolute Gasteiger partial charge is 0.122 e. The minimum atomic E-state index is 0.145. The van der Waals surface area contributed by atoms with Crippen LogP contribution in [0.25, 0.3) is 0 Å². The topological polar surface area (TPSA) is 35.2 Å². The molecule has 0 saturated heterocycles. The van der Waals surface area contributed by atoms with Crippen molar-refractivity contribution >= 4 is 15.9 Å². The summed E-state index contributed by atoms with van der Waals surface area (Å²) in [6.07, 6.45) is 0.911. The molecule has 0 radical (unpaired) electrons. The number of benzene rings is 1. The lowest BCUT2D eigenvalue weighted by Crippen LogP contribution is -2.33. The normalized spacial score (nSPS) is 21.3. The summed E-state index contributed by atoms with van der Waals surface area (Å²) in [4.78, 5) is 0. The SMILES string of the molecule is N[C@H]1COc2ccc(Br)cc2C1. The molecule has 3 heteroatoms. The summed E-state index contributed by atoms with van der Waals surface area (Å²) in [5.74, 6) is 0.972. The zero-order valence-electron chi connectivity index (χ0n) is 6.59. The van der Waals surface area contributed by atoms with Crippen LogP contribution in [0.3, 0.4) is 0 Å². The Morgan fingerprint density at radius 1 is 1.50 bits per heavy atom. The maximum absolute atomic E-state index is 5.76. The van der Waals surface area contributed by atoms with E-state index in [1.54, 1.807) is 0 Å². The van der Waals surface area contributed by atoms with Crippen LogP contribution in [0.5, 0.6) is 5.75 Å². The third-order valence-corrected chi connectivity index (χ3v) is 2.45. The van der Waals surface area contributed by atoms with Gasteiger partial charge in [-0.3, -0.25) is 0 Å². The molecule has 0 spiro atoms. The minimum absolute atomic E-state index is 0.145. The summed E-state index contributed by atoms with van der Waals surface area (Å²) >= 11 is 3.41. The van der Waals surface area contributed by atoms with E-state index in [2.05, 4.69) is 22.0 Å². The van der Waals surface area contributed by atoms with Gasteiger partial charge in [0.1, 0.15) is 12.4 Å². The van der Waals surface area contributed by atoms with Gasteiger partial charge in [0, 0.05) is 10.5 Å². The molecule has 1 aliphatic rings. The number of fused-ring (bicyclic) bond motifs is 1. The molecule has 1 aromatic carbocycles. The number of hydrogen-bond donors (Lipinski definition) is 1. The number of halogens is 1. The van der Waals surface area contributed by atoms with E-state index in [9.17, 15) is 0 Å². The minimum Gasteiger partial charge on any atom is -0.492 e. The van der Waals surface area contributed by atoms with Crippen molar-refractivity contribution in [1.82, 2.24) is 0 Å². The summed E-state index contributed by atoms with van der Waals surface area (Å²) in [7, 11) is 0. The molecule has 0 fully saturated rings. The molecule has 0 aromatic heterocycles. The Labute approximate surface area is 79.8 Å². The summed E-state index contributed by atoms with van der Waals surface area (Å²) in [5, 5.41) is 0. The molecule has 64 valence electrons. The molecule has 2 rings (SSSR count). The Bertz CT molecular complexity index is 301. The lowest BCUT2D eigenvalue weighted by atomic mass is 10.0. The van der Waals surface area contributed by atoms with Crippen LogP contribution in [0.1, 0.15) is 5.56 Å². The van der Waals surface area contributed by atoms with Gasteiger partial charge in [0.2, 0.25) is 0 Å². The van der Waals surface area contributed by atoms with Crippen LogP contribution >= 0.6 is 15.9 Å². The van der Waals surface area contributed by atoms with Gasteiger partial charge in [-0.1, -0.05) is 15.9 Å². The molecule has 12 heavy (non-hydrogen) atoms. The van der Waals surface area contributed by atoms with Crippen molar-refractivity contribution in [1.29, 1.82) is 0 Å². The van der Waals surface area contributed by atoms with Gasteiger partial charge in [0.15, 0.2) is 0 Å². The third kappa shape index (κ3) is 1.47. The van der Waals surface area contributed by atoms with Crippen molar-refractivity contribution in [3.8, 4) is 5.75 Å². The quantitative estimate of drug-likeness (QED) is 0.733. The van der Waals surface area contributed by atoms with Gasteiger partial charge in [0.05, 0.1) is 0 Å². The monoisotopic (exact) mass is 227 g/mol. The van der Waals surface area contributed by atoms with Gasteiger partial charge in [-0.15, -0.1) is 0 Å². The molecule has 2 nitrogen and oxygen atoms in total. The maximum Gasteiger partial charge on any atom is 0.122 e. The Hall–Kier alpha value is -0.540. The first-order chi connectivity index (χ1) is 5.75. The summed E-state index contributed by atoms with van der Waals surface area (Å²) in [5.41, 5.74) is 6.96. The highest BCUT2D eigenvalue weighted by molar-refractivity contribution is 9.10. The fourth-order valence-electron chi connectivity index (χ4n) is 1.39. The van der Waals surface area contributed by atoms with E-state index < -0.39 is 0 Å². The standard InChI is InChI=1S/C9H10BrNO/c10-7-1-2-9-6(3-7)4-8(11)5-12-9/h1-3,8H,4-5,11H2/t8-/m1/s1. The number of nitrogens with two attached hydrogens (primary N) is 1. The molecule has 0 aliphatic carbocycles. The van der Waals surface area contributed by atoms with Crippen molar-refractivity contribution in [3.63, 3.8) is 0 Å². The van der Waals surface area contributed by atoms with Crippen LogP contribution in [-0.2, 0) is 6.42 Å². The summed E-state index contributed by atoms with van der Waals surface area (Å²) in [6.45, 7) is 0.634. The van der Waals surface area contributed by atoms with Crippen LogP contribution in [0.2, 0.25) is 0 Å². The Balaban J connectivity index is 2.37. The van der Waals surface area contributed by atoms with E-state index in [1.807, 2.05) is 12.1 Å². The maximum atomic E-state index is 5.76. The highest BCUT2D eigenvalue weighted by Crippen LogP contribution is 2.27. The van der Waals surface area contributed by atoms with Crippen LogP contribution in [0.15, 0.2) is 22.7 Å². The van der Waals surface area contributed by atoms with E-state index in [1.165, 1.54) is 5.56 Å². The number of rotatable bonds is 0. The molecule has 1 atom stereocenters. The molecule has 1 heterocycles. The van der Waals surface area contributed by atoms with Crippen molar-refractivity contribution in [2.45, 2.75) is 12.5 Å². The third-order valence-electron chi connectivity index (χ3n) is 1.96. The van der Waals surface area contributed by atoms with E-state index >= 15 is 0 Å². The highest BCUT2D eigenvalue weighted by atomic mass is 79.9. The van der Waals surface area contributed by atoms with Gasteiger partial charge in [-0.25, -0.2) is 0 Å². The molecule has 1 aliphatic heterocycles. The van der Waals surface area contributed by atoms with Crippen molar-refractivity contribution < 1.29 is 4.74 Å². The first-order valence-corrected chi connectivity index (χ1v) is 4.72. The Morgan fingerprint density at radius 2 is 2.33 bits per heavy atom. The zero-order valence-corrected chi connectivity index (χ0v) is 8.17. The second kappa shape index (κ2) is 3.07. The van der Waals surface area contributed by atoms with Gasteiger partial charge in [0.25, 0.3) is 0 Å². The lowest BCUT2D eigenvalue weighted by molar-refractivity contribution is 0.263. The van der Waals surface area contributed by atoms with Crippen LogP contribution in [-0.4, -0.2) is 12.6 Å². The molecule has 1 aromatic rings. The largest absolute Gasteiger partial charge is 0.492 e. The summed E-state index contributed by atoms with van der Waals surface area (Å²) in [6, 6.07) is 6.17. The average Bonchev–Trinajstić information content (AvgIpc) is 2.03.